The molecule has 0 saturated carbocycles. The van der Waals surface area contributed by atoms with Gasteiger partial charge in [-0.2, -0.15) is 0 Å². The molecule has 2 rings (SSSR count). The van der Waals surface area contributed by atoms with E-state index in [1.165, 1.54) is 13.3 Å². The van der Waals surface area contributed by atoms with Crippen molar-refractivity contribution in [3.05, 3.63) is 12.7 Å². The summed E-state index contributed by atoms with van der Waals surface area (Å²) in [5, 5.41) is 12.0. The Kier molecular flexibility index (Phi) is 5.70. The number of thioether (sulfide) groups is 1. The van der Waals surface area contributed by atoms with Crippen LogP contribution in [-0.4, -0.2) is 48.7 Å². The number of unbranched alkanes of at least 4 members (excludes halogenated alkanes) is 1. The summed E-state index contributed by atoms with van der Waals surface area (Å²) >= 11 is 1.58. The molecule has 0 bridgehead atoms. The van der Waals surface area contributed by atoms with Crippen LogP contribution < -0.4 is 5.32 Å². The fourth-order valence-corrected chi connectivity index (χ4v) is 2.74. The Bertz CT molecular complexity index is 660. The van der Waals surface area contributed by atoms with Crippen LogP contribution in [0.1, 0.15) is 26.2 Å². The van der Waals surface area contributed by atoms with Crippen LogP contribution in [0.4, 0.5) is 0 Å². The summed E-state index contributed by atoms with van der Waals surface area (Å²) in [6.07, 6.45) is 4.91. The van der Waals surface area contributed by atoms with Crippen molar-refractivity contribution in [2.75, 3.05) is 5.75 Å². The lowest BCUT2D eigenvalue weighted by Crippen LogP contribution is -2.38. The first-order chi connectivity index (χ1) is 10.6. The van der Waals surface area contributed by atoms with Crippen LogP contribution in [0, 0.1) is 0 Å². The second-order valence-electron chi connectivity index (χ2n) is 4.71. The van der Waals surface area contributed by atoms with E-state index >= 15 is 0 Å². The number of carboxylic acid groups (broad SMARTS) is 1. The quantitative estimate of drug-likeness (QED) is 0.379. The molecule has 22 heavy (non-hydrogen) atoms. The average molecular weight is 323 g/mol. The molecule has 2 aromatic rings. The number of hydrogen-bond donors (Lipinski definition) is 3. The largest absolute Gasteiger partial charge is 0.480 e. The molecular weight excluding hydrogens is 306 g/mol. The molecule has 0 aliphatic carbocycles. The second kappa shape index (κ2) is 7.74. The van der Waals surface area contributed by atoms with E-state index in [-0.39, 0.29) is 5.91 Å². The number of aromatic nitrogens is 4. The molecule has 8 nitrogen and oxygen atoms in total. The van der Waals surface area contributed by atoms with E-state index in [2.05, 4.69) is 25.3 Å². The van der Waals surface area contributed by atoms with Crippen LogP contribution in [0.3, 0.4) is 0 Å². The van der Waals surface area contributed by atoms with Gasteiger partial charge in [0, 0.05) is 6.42 Å². The van der Waals surface area contributed by atoms with E-state index in [1.54, 1.807) is 18.1 Å². The Morgan fingerprint density at radius 2 is 2.18 bits per heavy atom. The zero-order valence-electron chi connectivity index (χ0n) is 12.1. The summed E-state index contributed by atoms with van der Waals surface area (Å²) < 4.78 is 0. The van der Waals surface area contributed by atoms with Gasteiger partial charge in [-0.05, 0) is 25.5 Å². The van der Waals surface area contributed by atoms with Gasteiger partial charge in [0.25, 0.3) is 0 Å². The first-order valence-corrected chi connectivity index (χ1v) is 7.85. The van der Waals surface area contributed by atoms with Crippen LogP contribution in [-0.2, 0) is 9.59 Å². The Balaban J connectivity index is 1.68. The molecule has 0 spiro atoms. The van der Waals surface area contributed by atoms with Crippen molar-refractivity contribution in [3.63, 3.8) is 0 Å². The minimum absolute atomic E-state index is 0.238. The number of fused-ring (bicyclic) bond motifs is 1. The maximum absolute atomic E-state index is 11.5. The average Bonchev–Trinajstić information content (AvgIpc) is 2.96. The number of nitrogens with one attached hydrogen (secondary N) is 2. The lowest BCUT2D eigenvalue weighted by Gasteiger charge is -2.08. The van der Waals surface area contributed by atoms with E-state index in [0.717, 1.165) is 22.7 Å². The van der Waals surface area contributed by atoms with Crippen molar-refractivity contribution < 1.29 is 14.7 Å². The molecule has 0 aliphatic heterocycles. The Morgan fingerprint density at radius 1 is 1.36 bits per heavy atom. The first-order valence-electron chi connectivity index (χ1n) is 6.87. The summed E-state index contributed by atoms with van der Waals surface area (Å²) in [4.78, 5) is 37.5. The number of rotatable bonds is 8. The molecule has 0 aromatic carbocycles. The van der Waals surface area contributed by atoms with Crippen LogP contribution in [0.25, 0.3) is 11.2 Å². The van der Waals surface area contributed by atoms with Crippen molar-refractivity contribution in [2.45, 2.75) is 37.3 Å². The smallest absolute Gasteiger partial charge is 0.325 e. The molecule has 0 aliphatic rings. The highest BCUT2D eigenvalue weighted by Gasteiger charge is 2.13. The van der Waals surface area contributed by atoms with E-state index in [4.69, 9.17) is 5.11 Å². The van der Waals surface area contributed by atoms with E-state index < -0.39 is 12.0 Å². The summed E-state index contributed by atoms with van der Waals surface area (Å²) in [6.45, 7) is 1.45. The Hall–Kier alpha value is -2.16. The predicted octanol–water partition coefficient (Wildman–Crippen LogP) is 1.20. The minimum Gasteiger partial charge on any atom is -0.480 e. The number of aliphatic carboxylic acids is 1. The number of aromatic amines is 1. The number of amides is 1. The number of nitrogens with zero attached hydrogens (tertiary/aromatic N) is 3. The summed E-state index contributed by atoms with van der Waals surface area (Å²) in [6, 6.07) is -0.850. The van der Waals surface area contributed by atoms with Crippen molar-refractivity contribution in [3.8, 4) is 0 Å². The zero-order chi connectivity index (χ0) is 15.9. The highest BCUT2D eigenvalue weighted by molar-refractivity contribution is 7.99. The topological polar surface area (TPSA) is 121 Å². The molecule has 1 atom stereocenters. The van der Waals surface area contributed by atoms with Gasteiger partial charge in [-0.1, -0.05) is 0 Å². The molecule has 3 N–H and O–H groups in total. The van der Waals surface area contributed by atoms with Crippen LogP contribution >= 0.6 is 11.8 Å². The summed E-state index contributed by atoms with van der Waals surface area (Å²) in [5.41, 5.74) is 1.46. The number of carboxylic acids is 1. The molecule has 1 amide bonds. The molecule has 0 radical (unpaired) electrons. The monoisotopic (exact) mass is 323 g/mol. The number of hydrogen-bond acceptors (Lipinski definition) is 6. The number of carbonyl (C=O) groups is 2. The van der Waals surface area contributed by atoms with Crippen LogP contribution in [0.5, 0.6) is 0 Å². The van der Waals surface area contributed by atoms with Gasteiger partial charge in [-0.15, -0.1) is 11.8 Å². The van der Waals surface area contributed by atoms with E-state index in [9.17, 15) is 9.59 Å². The lowest BCUT2D eigenvalue weighted by atomic mass is 10.2. The fourth-order valence-electron chi connectivity index (χ4n) is 1.78. The van der Waals surface area contributed by atoms with Crippen molar-refractivity contribution in [1.29, 1.82) is 0 Å². The molecule has 2 heterocycles. The van der Waals surface area contributed by atoms with Gasteiger partial charge >= 0.3 is 5.97 Å². The van der Waals surface area contributed by atoms with Gasteiger partial charge in [0.05, 0.1) is 6.33 Å². The highest BCUT2D eigenvalue weighted by Crippen LogP contribution is 2.22. The van der Waals surface area contributed by atoms with Crippen LogP contribution in [0.15, 0.2) is 17.7 Å². The van der Waals surface area contributed by atoms with Crippen molar-refractivity contribution in [2.24, 2.45) is 0 Å². The third kappa shape index (κ3) is 4.42. The fraction of sp³-hybridized carbons (Fsp3) is 0.462. The normalized spacial score (nSPS) is 12.2. The number of H-pyrrole nitrogens is 1. The van der Waals surface area contributed by atoms with Gasteiger partial charge < -0.3 is 15.4 Å². The molecule has 0 fully saturated rings. The maximum atomic E-state index is 11.5. The minimum atomic E-state index is -1.03. The first kappa shape index (κ1) is 16.2. The van der Waals surface area contributed by atoms with E-state index in [1.807, 2.05) is 0 Å². The van der Waals surface area contributed by atoms with E-state index in [0.29, 0.717) is 18.5 Å². The summed E-state index contributed by atoms with van der Waals surface area (Å²) in [5.74, 6) is -0.457. The predicted molar refractivity (Wildman–Crippen MR) is 81.5 cm³/mol. The Morgan fingerprint density at radius 3 is 2.95 bits per heavy atom. The maximum Gasteiger partial charge on any atom is 0.325 e. The standard InChI is InChI=1S/C13H17N5O3S/c1-8(13(20)21)18-9(19)4-2-3-5-22-12-10-11(15-6-14-10)16-7-17-12/h6-8H,2-5H2,1H3,(H,18,19)(H,20,21)(H,14,15,16,17). The SMILES string of the molecule is CC(NC(=O)CCCCSc1ncnc2nc[nH]c12)C(=O)O. The number of imidazole rings is 1. The lowest BCUT2D eigenvalue weighted by molar-refractivity contribution is -0.141. The molecule has 118 valence electrons. The van der Waals surface area contributed by atoms with Gasteiger partial charge in [0.2, 0.25) is 5.91 Å². The second-order valence-corrected chi connectivity index (χ2v) is 5.80. The third-order valence-corrected chi connectivity index (χ3v) is 4.05. The third-order valence-electron chi connectivity index (χ3n) is 2.97. The van der Waals surface area contributed by atoms with Gasteiger partial charge in [-0.25, -0.2) is 15.0 Å². The van der Waals surface area contributed by atoms with Gasteiger partial charge in [0.1, 0.15) is 22.9 Å². The Labute approximate surface area is 131 Å². The number of carbonyl (C=O) groups excluding carboxylic acids is 1. The molecule has 2 aromatic heterocycles. The van der Waals surface area contributed by atoms with Crippen LogP contribution in [0.2, 0.25) is 0 Å². The van der Waals surface area contributed by atoms with Crippen molar-refractivity contribution >= 4 is 34.8 Å². The molecular formula is C13H17N5O3S. The molecule has 9 heteroatoms. The summed E-state index contributed by atoms with van der Waals surface area (Å²) in [7, 11) is 0. The highest BCUT2D eigenvalue weighted by atomic mass is 32.2. The zero-order valence-corrected chi connectivity index (χ0v) is 12.9. The van der Waals surface area contributed by atoms with Gasteiger partial charge in [-0.3, -0.25) is 9.59 Å². The van der Waals surface area contributed by atoms with Gasteiger partial charge in [0.15, 0.2) is 5.65 Å². The molecule has 1 unspecified atom stereocenters. The van der Waals surface area contributed by atoms with Crippen molar-refractivity contribution in [1.82, 2.24) is 25.3 Å². The molecule has 0 saturated heterocycles.